The molecule has 0 saturated heterocycles. The Morgan fingerprint density at radius 2 is 1.90 bits per heavy atom. The van der Waals surface area contributed by atoms with E-state index in [-0.39, 0.29) is 0 Å². The predicted octanol–water partition coefficient (Wildman–Crippen LogP) is 3.94. The predicted molar refractivity (Wildman–Crippen MR) is 85.3 cm³/mol. The van der Waals surface area contributed by atoms with Gasteiger partial charge in [0.1, 0.15) is 5.82 Å². The highest BCUT2D eigenvalue weighted by molar-refractivity contribution is 9.10. The third-order valence-electron chi connectivity index (χ3n) is 3.08. The van der Waals surface area contributed by atoms with E-state index in [0.717, 1.165) is 33.7 Å². The largest absolute Gasteiger partial charge is 0.399 e. The smallest absolute Gasteiger partial charge is 0.140 e. The summed E-state index contributed by atoms with van der Waals surface area (Å²) in [6, 6.07) is 16.1. The number of imidazole rings is 1. The molecule has 100 valence electrons. The molecule has 1 heterocycles. The van der Waals surface area contributed by atoms with Crippen molar-refractivity contribution in [3.63, 3.8) is 0 Å². The first-order valence-corrected chi connectivity index (χ1v) is 7.13. The van der Waals surface area contributed by atoms with Crippen LogP contribution in [0.4, 0.5) is 5.69 Å². The first-order chi connectivity index (χ1) is 9.72. The van der Waals surface area contributed by atoms with Crippen LogP contribution < -0.4 is 5.73 Å². The van der Waals surface area contributed by atoms with Gasteiger partial charge in [-0.3, -0.25) is 0 Å². The minimum atomic E-state index is 0.744. The van der Waals surface area contributed by atoms with E-state index in [9.17, 15) is 0 Å². The number of nitrogen functional groups attached to an aromatic ring is 1. The fraction of sp³-hybridized carbons (Fsp3) is 0.0625. The molecule has 0 radical (unpaired) electrons. The summed E-state index contributed by atoms with van der Waals surface area (Å²) >= 11 is 3.48. The molecule has 0 fully saturated rings. The molecule has 2 N–H and O–H groups in total. The van der Waals surface area contributed by atoms with Crippen molar-refractivity contribution in [2.45, 2.75) is 6.54 Å². The SMILES string of the molecule is Nc1cc(Br)cc(Cn2ccnc2-c2ccccc2)c1. The maximum atomic E-state index is 5.88. The molecule has 0 bridgehead atoms. The van der Waals surface area contributed by atoms with Gasteiger partial charge in [0, 0.05) is 34.7 Å². The van der Waals surface area contributed by atoms with Crippen LogP contribution in [0.3, 0.4) is 0 Å². The Kier molecular flexibility index (Phi) is 3.56. The van der Waals surface area contributed by atoms with Crippen molar-refractivity contribution in [2.75, 3.05) is 5.73 Å². The second-order valence-corrected chi connectivity index (χ2v) is 5.55. The summed E-state index contributed by atoms with van der Waals surface area (Å²) in [5.41, 5.74) is 8.90. The lowest BCUT2D eigenvalue weighted by atomic mass is 10.2. The van der Waals surface area contributed by atoms with E-state index >= 15 is 0 Å². The van der Waals surface area contributed by atoms with Crippen molar-refractivity contribution in [1.29, 1.82) is 0 Å². The van der Waals surface area contributed by atoms with E-state index < -0.39 is 0 Å². The van der Waals surface area contributed by atoms with Gasteiger partial charge in [-0.15, -0.1) is 0 Å². The standard InChI is InChI=1S/C16H14BrN3/c17-14-8-12(9-15(18)10-14)11-20-7-6-19-16(20)13-4-2-1-3-5-13/h1-10H,11,18H2. The van der Waals surface area contributed by atoms with Crippen molar-refractivity contribution in [3.05, 3.63) is 71.0 Å². The van der Waals surface area contributed by atoms with Gasteiger partial charge in [-0.25, -0.2) is 4.98 Å². The molecule has 3 rings (SSSR count). The lowest BCUT2D eigenvalue weighted by Gasteiger charge is -2.09. The number of benzene rings is 2. The quantitative estimate of drug-likeness (QED) is 0.740. The molecule has 0 amide bonds. The van der Waals surface area contributed by atoms with Gasteiger partial charge < -0.3 is 10.3 Å². The fourth-order valence-electron chi connectivity index (χ4n) is 2.25. The lowest BCUT2D eigenvalue weighted by Crippen LogP contribution is -2.02. The van der Waals surface area contributed by atoms with Crippen molar-refractivity contribution in [2.24, 2.45) is 0 Å². The third kappa shape index (κ3) is 2.75. The zero-order valence-corrected chi connectivity index (χ0v) is 12.4. The number of rotatable bonds is 3. The Balaban J connectivity index is 1.94. The number of nitrogens with zero attached hydrogens (tertiary/aromatic N) is 2. The summed E-state index contributed by atoms with van der Waals surface area (Å²) in [4.78, 5) is 4.45. The van der Waals surface area contributed by atoms with Gasteiger partial charge in [0.25, 0.3) is 0 Å². The lowest BCUT2D eigenvalue weighted by molar-refractivity contribution is 0.807. The Morgan fingerprint density at radius 3 is 2.65 bits per heavy atom. The molecule has 0 aliphatic rings. The van der Waals surface area contributed by atoms with Crippen LogP contribution in [0.15, 0.2) is 65.4 Å². The number of hydrogen-bond acceptors (Lipinski definition) is 2. The molecule has 3 nitrogen and oxygen atoms in total. The molecule has 4 heteroatoms. The van der Waals surface area contributed by atoms with Gasteiger partial charge in [-0.1, -0.05) is 46.3 Å². The van der Waals surface area contributed by atoms with Crippen LogP contribution in [0.25, 0.3) is 11.4 Å². The maximum Gasteiger partial charge on any atom is 0.140 e. The molecule has 2 aromatic carbocycles. The Hall–Kier alpha value is -2.07. The second kappa shape index (κ2) is 5.51. The summed E-state index contributed by atoms with van der Waals surface area (Å²) in [5.74, 6) is 0.962. The summed E-state index contributed by atoms with van der Waals surface area (Å²) in [6.45, 7) is 0.744. The van der Waals surface area contributed by atoms with Gasteiger partial charge in [0.2, 0.25) is 0 Å². The zero-order valence-electron chi connectivity index (χ0n) is 10.8. The highest BCUT2D eigenvalue weighted by atomic mass is 79.9. The molecule has 0 saturated carbocycles. The third-order valence-corrected chi connectivity index (χ3v) is 3.54. The van der Waals surface area contributed by atoms with Crippen LogP contribution in [-0.4, -0.2) is 9.55 Å². The number of aromatic nitrogens is 2. The average Bonchev–Trinajstić information content (AvgIpc) is 2.86. The van der Waals surface area contributed by atoms with Gasteiger partial charge in [0.05, 0.1) is 0 Å². The Bertz CT molecular complexity index is 699. The summed E-state index contributed by atoms with van der Waals surface area (Å²) in [6.07, 6.45) is 3.81. The first-order valence-electron chi connectivity index (χ1n) is 6.34. The van der Waals surface area contributed by atoms with Gasteiger partial charge in [-0.2, -0.15) is 0 Å². The zero-order chi connectivity index (χ0) is 13.9. The molecule has 0 unspecified atom stereocenters. The molecular weight excluding hydrogens is 314 g/mol. The van der Waals surface area contributed by atoms with Crippen LogP contribution in [0.1, 0.15) is 5.56 Å². The molecule has 1 aromatic heterocycles. The minimum absolute atomic E-state index is 0.744. The van der Waals surface area contributed by atoms with Gasteiger partial charge >= 0.3 is 0 Å². The van der Waals surface area contributed by atoms with E-state index in [2.05, 4.69) is 43.7 Å². The Morgan fingerprint density at radius 1 is 1.10 bits per heavy atom. The van der Waals surface area contributed by atoms with Crippen molar-refractivity contribution >= 4 is 21.6 Å². The van der Waals surface area contributed by atoms with Crippen LogP contribution in [0, 0.1) is 0 Å². The van der Waals surface area contributed by atoms with Crippen LogP contribution >= 0.6 is 15.9 Å². The molecule has 0 spiro atoms. The number of anilines is 1. The molecular formula is C16H14BrN3. The van der Waals surface area contributed by atoms with E-state index in [4.69, 9.17) is 5.73 Å². The highest BCUT2D eigenvalue weighted by Crippen LogP contribution is 2.21. The van der Waals surface area contributed by atoms with Crippen molar-refractivity contribution in [3.8, 4) is 11.4 Å². The monoisotopic (exact) mass is 327 g/mol. The van der Waals surface area contributed by atoms with E-state index in [1.165, 1.54) is 0 Å². The highest BCUT2D eigenvalue weighted by Gasteiger charge is 2.06. The Labute approximate surface area is 126 Å². The average molecular weight is 328 g/mol. The normalized spacial score (nSPS) is 10.7. The minimum Gasteiger partial charge on any atom is -0.399 e. The second-order valence-electron chi connectivity index (χ2n) is 4.64. The summed E-state index contributed by atoms with van der Waals surface area (Å²) in [5, 5.41) is 0. The topological polar surface area (TPSA) is 43.8 Å². The molecule has 0 aliphatic carbocycles. The number of halogens is 1. The van der Waals surface area contributed by atoms with Crippen molar-refractivity contribution in [1.82, 2.24) is 9.55 Å². The molecule has 20 heavy (non-hydrogen) atoms. The van der Waals surface area contributed by atoms with Crippen molar-refractivity contribution < 1.29 is 0 Å². The fourth-order valence-corrected chi connectivity index (χ4v) is 2.81. The molecule has 3 aromatic rings. The van der Waals surface area contributed by atoms with Crippen LogP contribution in [-0.2, 0) is 6.54 Å². The van der Waals surface area contributed by atoms with Gasteiger partial charge in [0.15, 0.2) is 0 Å². The summed E-state index contributed by atoms with van der Waals surface area (Å²) in [7, 11) is 0. The van der Waals surface area contributed by atoms with Crippen LogP contribution in [0.5, 0.6) is 0 Å². The van der Waals surface area contributed by atoms with Crippen LogP contribution in [0.2, 0.25) is 0 Å². The number of nitrogens with two attached hydrogens (primary N) is 1. The first kappa shape index (κ1) is 12.9. The number of hydrogen-bond donors (Lipinski definition) is 1. The maximum absolute atomic E-state index is 5.88. The summed E-state index contributed by atoms with van der Waals surface area (Å²) < 4.78 is 3.12. The van der Waals surface area contributed by atoms with Gasteiger partial charge in [-0.05, 0) is 23.8 Å². The van der Waals surface area contributed by atoms with E-state index in [1.807, 2.05) is 42.7 Å². The molecule has 0 atom stereocenters. The van der Waals surface area contributed by atoms with E-state index in [0.29, 0.717) is 0 Å². The van der Waals surface area contributed by atoms with E-state index in [1.54, 1.807) is 0 Å². The molecule has 0 aliphatic heterocycles.